The highest BCUT2D eigenvalue weighted by atomic mass is 35.5. The van der Waals surface area contributed by atoms with E-state index in [2.05, 4.69) is 5.16 Å². The molecule has 4 aromatic rings. The highest BCUT2D eigenvalue weighted by Gasteiger charge is 2.18. The molecule has 0 unspecified atom stereocenters. The van der Waals surface area contributed by atoms with Crippen molar-refractivity contribution in [3.05, 3.63) is 78.6 Å². The van der Waals surface area contributed by atoms with Crippen LogP contribution < -0.4 is 11.2 Å². The molecule has 3 aromatic heterocycles. The molecule has 0 saturated carbocycles. The highest BCUT2D eigenvalue weighted by molar-refractivity contribution is 7.17. The Hall–Kier alpha value is -2.64. The van der Waals surface area contributed by atoms with Crippen LogP contribution in [0.2, 0.25) is 5.02 Å². The van der Waals surface area contributed by atoms with Crippen molar-refractivity contribution in [3.63, 3.8) is 0 Å². The van der Waals surface area contributed by atoms with Crippen LogP contribution in [0.1, 0.15) is 17.0 Å². The standard InChI is InChI=1S/C18H14ClN3O3S/c1-10-14(11(2)25-20-10)9-21-15-7-8-26-16(15)17(23)22(18(21)24)13-5-3-12(19)4-6-13/h3-8H,9H2,1-2H3. The van der Waals surface area contributed by atoms with E-state index in [0.717, 1.165) is 11.3 Å². The molecule has 0 atom stereocenters. The minimum absolute atomic E-state index is 0.279. The van der Waals surface area contributed by atoms with Crippen LogP contribution >= 0.6 is 22.9 Å². The zero-order chi connectivity index (χ0) is 18.4. The fourth-order valence-electron chi connectivity index (χ4n) is 2.94. The number of thiophene rings is 1. The highest BCUT2D eigenvalue weighted by Crippen LogP contribution is 2.20. The van der Waals surface area contributed by atoms with E-state index in [4.69, 9.17) is 16.1 Å². The van der Waals surface area contributed by atoms with E-state index in [1.54, 1.807) is 41.8 Å². The van der Waals surface area contributed by atoms with E-state index in [9.17, 15) is 9.59 Å². The molecule has 0 aliphatic heterocycles. The Balaban J connectivity index is 2.01. The zero-order valence-corrected chi connectivity index (χ0v) is 15.6. The maximum atomic E-state index is 13.2. The fraction of sp³-hybridized carbons (Fsp3) is 0.167. The summed E-state index contributed by atoms with van der Waals surface area (Å²) >= 11 is 7.24. The Morgan fingerprint density at radius 2 is 1.88 bits per heavy atom. The van der Waals surface area contributed by atoms with Crippen LogP contribution in [0.4, 0.5) is 0 Å². The molecule has 0 bridgehead atoms. The summed E-state index contributed by atoms with van der Waals surface area (Å²) in [6, 6.07) is 8.41. The van der Waals surface area contributed by atoms with Crippen molar-refractivity contribution >= 4 is 33.2 Å². The van der Waals surface area contributed by atoms with Crippen LogP contribution in [0.3, 0.4) is 0 Å². The summed E-state index contributed by atoms with van der Waals surface area (Å²) in [7, 11) is 0. The number of rotatable bonds is 3. The number of aryl methyl sites for hydroxylation is 2. The van der Waals surface area contributed by atoms with Gasteiger partial charge in [-0.3, -0.25) is 9.36 Å². The summed E-state index contributed by atoms with van der Waals surface area (Å²) in [5, 5.41) is 6.29. The Morgan fingerprint density at radius 3 is 2.54 bits per heavy atom. The summed E-state index contributed by atoms with van der Waals surface area (Å²) in [6.07, 6.45) is 0. The number of fused-ring (bicyclic) bond motifs is 1. The molecule has 0 aliphatic carbocycles. The van der Waals surface area contributed by atoms with E-state index in [1.165, 1.54) is 15.9 Å². The minimum Gasteiger partial charge on any atom is -0.361 e. The van der Waals surface area contributed by atoms with E-state index in [-0.39, 0.29) is 12.1 Å². The van der Waals surface area contributed by atoms with Crippen molar-refractivity contribution in [1.82, 2.24) is 14.3 Å². The summed E-state index contributed by atoms with van der Waals surface area (Å²) in [5.41, 5.74) is 1.89. The topological polar surface area (TPSA) is 70.0 Å². The summed E-state index contributed by atoms with van der Waals surface area (Å²) in [4.78, 5) is 26.1. The van der Waals surface area contributed by atoms with Gasteiger partial charge in [-0.2, -0.15) is 0 Å². The second-order valence-corrected chi connectivity index (χ2v) is 7.28. The van der Waals surface area contributed by atoms with Crippen molar-refractivity contribution in [1.29, 1.82) is 0 Å². The Kier molecular flexibility index (Phi) is 4.05. The molecule has 0 spiro atoms. The average molecular weight is 388 g/mol. The number of hydrogen-bond donors (Lipinski definition) is 0. The van der Waals surface area contributed by atoms with Crippen LogP contribution in [0.5, 0.6) is 0 Å². The van der Waals surface area contributed by atoms with Crippen LogP contribution in [0.25, 0.3) is 15.9 Å². The largest absolute Gasteiger partial charge is 0.361 e. The maximum absolute atomic E-state index is 13.2. The van der Waals surface area contributed by atoms with Gasteiger partial charge in [-0.1, -0.05) is 16.8 Å². The van der Waals surface area contributed by atoms with Gasteiger partial charge in [0.25, 0.3) is 5.56 Å². The molecule has 6 nitrogen and oxygen atoms in total. The molecule has 0 saturated heterocycles. The zero-order valence-electron chi connectivity index (χ0n) is 14.0. The molecule has 132 valence electrons. The number of halogens is 1. The van der Waals surface area contributed by atoms with Gasteiger partial charge >= 0.3 is 5.69 Å². The third-order valence-electron chi connectivity index (χ3n) is 4.34. The SMILES string of the molecule is Cc1noc(C)c1Cn1c(=O)n(-c2ccc(Cl)cc2)c(=O)c2sccc21. The first-order valence-electron chi connectivity index (χ1n) is 7.88. The fourth-order valence-corrected chi connectivity index (χ4v) is 3.89. The second kappa shape index (κ2) is 6.26. The van der Waals surface area contributed by atoms with E-state index < -0.39 is 5.69 Å². The van der Waals surface area contributed by atoms with Gasteiger partial charge in [0, 0.05) is 10.6 Å². The van der Waals surface area contributed by atoms with E-state index >= 15 is 0 Å². The van der Waals surface area contributed by atoms with Gasteiger partial charge < -0.3 is 4.52 Å². The van der Waals surface area contributed by atoms with Crippen molar-refractivity contribution in [2.24, 2.45) is 0 Å². The maximum Gasteiger partial charge on any atom is 0.336 e. The third kappa shape index (κ3) is 2.60. The smallest absolute Gasteiger partial charge is 0.336 e. The molecule has 0 radical (unpaired) electrons. The van der Waals surface area contributed by atoms with Crippen molar-refractivity contribution in [3.8, 4) is 5.69 Å². The molecule has 8 heteroatoms. The minimum atomic E-state index is -0.414. The lowest BCUT2D eigenvalue weighted by atomic mass is 10.2. The first-order valence-corrected chi connectivity index (χ1v) is 9.14. The molecular weight excluding hydrogens is 374 g/mol. The monoisotopic (exact) mass is 387 g/mol. The third-order valence-corrected chi connectivity index (χ3v) is 5.48. The molecular formula is C18H14ClN3O3S. The summed E-state index contributed by atoms with van der Waals surface area (Å²) in [5.74, 6) is 0.655. The van der Waals surface area contributed by atoms with Crippen molar-refractivity contribution in [2.45, 2.75) is 20.4 Å². The normalized spacial score (nSPS) is 11.3. The van der Waals surface area contributed by atoms with Crippen LogP contribution in [-0.4, -0.2) is 14.3 Å². The van der Waals surface area contributed by atoms with Crippen LogP contribution in [0, 0.1) is 13.8 Å². The Morgan fingerprint density at radius 1 is 1.15 bits per heavy atom. The number of aromatic nitrogens is 3. The van der Waals surface area contributed by atoms with Crippen LogP contribution in [0.15, 0.2) is 49.8 Å². The summed E-state index contributed by atoms with van der Waals surface area (Å²) < 4.78 is 8.48. The predicted molar refractivity (Wildman–Crippen MR) is 102 cm³/mol. The van der Waals surface area contributed by atoms with E-state index in [1.807, 2.05) is 12.3 Å². The lowest BCUT2D eigenvalue weighted by molar-refractivity contribution is 0.392. The lowest BCUT2D eigenvalue weighted by Crippen LogP contribution is -2.38. The lowest BCUT2D eigenvalue weighted by Gasteiger charge is -2.12. The number of hydrogen-bond acceptors (Lipinski definition) is 5. The first kappa shape index (κ1) is 16.8. The van der Waals surface area contributed by atoms with Gasteiger partial charge in [0.05, 0.1) is 23.4 Å². The summed E-state index contributed by atoms with van der Waals surface area (Å²) in [6.45, 7) is 3.92. The first-order chi connectivity index (χ1) is 12.5. The second-order valence-electron chi connectivity index (χ2n) is 5.92. The van der Waals surface area contributed by atoms with Gasteiger partial charge in [0.1, 0.15) is 10.5 Å². The molecule has 0 amide bonds. The van der Waals surface area contributed by atoms with Crippen molar-refractivity contribution in [2.75, 3.05) is 0 Å². The van der Waals surface area contributed by atoms with Crippen LogP contribution in [-0.2, 0) is 6.54 Å². The Labute approximate surface area is 156 Å². The van der Waals surface area contributed by atoms with Gasteiger partial charge in [-0.25, -0.2) is 9.36 Å². The molecule has 4 rings (SSSR count). The van der Waals surface area contributed by atoms with Gasteiger partial charge in [0.15, 0.2) is 0 Å². The van der Waals surface area contributed by atoms with Gasteiger partial charge in [-0.15, -0.1) is 11.3 Å². The molecule has 0 fully saturated rings. The number of nitrogens with zero attached hydrogens (tertiary/aromatic N) is 3. The van der Waals surface area contributed by atoms with Gasteiger partial charge in [-0.05, 0) is 49.6 Å². The molecule has 1 aromatic carbocycles. The molecule has 26 heavy (non-hydrogen) atoms. The molecule has 0 N–H and O–H groups in total. The van der Waals surface area contributed by atoms with Gasteiger partial charge in [0.2, 0.25) is 0 Å². The number of benzene rings is 1. The van der Waals surface area contributed by atoms with Crippen molar-refractivity contribution < 1.29 is 4.52 Å². The predicted octanol–water partition coefficient (Wildman–Crippen LogP) is 3.52. The van der Waals surface area contributed by atoms with E-state index in [0.29, 0.717) is 26.7 Å². The quantitative estimate of drug-likeness (QED) is 0.539. The molecule has 3 heterocycles. The Bertz CT molecular complexity index is 1210. The molecule has 0 aliphatic rings. The average Bonchev–Trinajstić information content (AvgIpc) is 3.22.